The van der Waals surface area contributed by atoms with Crippen molar-refractivity contribution in [2.45, 2.75) is 83.6 Å². The molecule has 5 aromatic rings. The van der Waals surface area contributed by atoms with Gasteiger partial charge in [-0.05, 0) is 92.6 Å². The second-order valence-electron chi connectivity index (χ2n) is 14.4. The summed E-state index contributed by atoms with van der Waals surface area (Å²) in [6, 6.07) is 36.1. The Balaban J connectivity index is 1.45. The Morgan fingerprint density at radius 2 is 1.46 bits per heavy atom. The van der Waals surface area contributed by atoms with Crippen LogP contribution < -0.4 is 15.0 Å². The fraction of sp³-hybridized carbons (Fsp3) is 0.378. The molecule has 11 heteroatoms. The lowest BCUT2D eigenvalue weighted by atomic mass is 9.80. The molecule has 1 aliphatic rings. The van der Waals surface area contributed by atoms with Crippen LogP contribution in [0.3, 0.4) is 0 Å². The Hall–Kier alpha value is -4.59. The summed E-state index contributed by atoms with van der Waals surface area (Å²) in [5, 5.41) is 10.9. The number of aromatic nitrogens is 1. The number of hydrogen-bond donors (Lipinski definition) is 0. The maximum Gasteiger partial charge on any atom is 0.260 e. The lowest BCUT2D eigenvalue weighted by Crippen LogP contribution is -2.39. The van der Waals surface area contributed by atoms with E-state index in [1.54, 1.807) is 25.0 Å². The highest BCUT2D eigenvalue weighted by Crippen LogP contribution is 2.50. The summed E-state index contributed by atoms with van der Waals surface area (Å²) in [5.74, 6) is 1.45. The number of hydrogen-bond acceptors (Lipinski definition) is 9. The maximum atomic E-state index is 14.1. The largest absolute Gasteiger partial charge is 0.497 e. The lowest BCUT2D eigenvalue weighted by molar-refractivity contribution is -0.0922. The summed E-state index contributed by atoms with van der Waals surface area (Å²) in [4.78, 5) is 14.1. The van der Waals surface area contributed by atoms with Crippen molar-refractivity contribution in [3.05, 3.63) is 142 Å². The molecule has 1 aromatic heterocycles. The third kappa shape index (κ3) is 8.69. The predicted octanol–water partition coefficient (Wildman–Crippen LogP) is 9.28. The standard InChI is InChI=1S/C45H52N3O7P/c1-31(2)48(32(3)4)56(53-28-12-26-46)55-40-29-42(47-27-25-34-14-11-13-33(5)43(34)44(47)49)54-41(40)30-52-45(35-15-9-8-10-16-35,36-17-21-38(50-6)22-18-36)37-19-23-39(51-7)24-20-37/h8-11,13-25,27,31-32,40-42H,12,28-30H2,1-7H3/t40-,41+,42+,56?/m0/s1. The van der Waals surface area contributed by atoms with Crippen LogP contribution >= 0.6 is 8.53 Å². The average Bonchev–Trinajstić information content (AvgIpc) is 3.60. The van der Waals surface area contributed by atoms with Gasteiger partial charge in [-0.1, -0.05) is 72.8 Å². The van der Waals surface area contributed by atoms with Crippen molar-refractivity contribution in [2.24, 2.45) is 0 Å². The van der Waals surface area contributed by atoms with E-state index in [1.165, 1.54) is 0 Å². The van der Waals surface area contributed by atoms with E-state index >= 15 is 0 Å². The molecule has 294 valence electrons. The highest BCUT2D eigenvalue weighted by molar-refractivity contribution is 7.44. The summed E-state index contributed by atoms with van der Waals surface area (Å²) in [6.45, 7) is 10.7. The van der Waals surface area contributed by atoms with Crippen LogP contribution in [-0.4, -0.2) is 61.0 Å². The van der Waals surface area contributed by atoms with Gasteiger partial charge in [0, 0.05) is 24.7 Å². The monoisotopic (exact) mass is 777 g/mol. The summed E-state index contributed by atoms with van der Waals surface area (Å²) >= 11 is 0. The van der Waals surface area contributed by atoms with Crippen LogP contribution in [0.15, 0.2) is 114 Å². The molecule has 4 atom stereocenters. The molecule has 6 rings (SSSR count). The number of pyridine rings is 1. The summed E-state index contributed by atoms with van der Waals surface area (Å²) in [7, 11) is 1.66. The minimum atomic E-state index is -1.63. The van der Waals surface area contributed by atoms with Crippen LogP contribution in [0, 0.1) is 18.3 Å². The topological polar surface area (TPSA) is 104 Å². The normalized spacial score (nSPS) is 17.8. The molecular formula is C45H52N3O7P. The Labute approximate surface area is 331 Å². The van der Waals surface area contributed by atoms with Gasteiger partial charge in [-0.25, -0.2) is 4.67 Å². The first-order valence-corrected chi connectivity index (χ1v) is 20.2. The highest BCUT2D eigenvalue weighted by atomic mass is 31.2. The quantitative estimate of drug-likeness (QED) is 0.0519. The highest BCUT2D eigenvalue weighted by Gasteiger charge is 2.45. The molecule has 10 nitrogen and oxygen atoms in total. The molecule has 0 N–H and O–H groups in total. The second-order valence-corrected chi connectivity index (χ2v) is 15.8. The van der Waals surface area contributed by atoms with Crippen molar-refractivity contribution in [1.29, 1.82) is 5.26 Å². The van der Waals surface area contributed by atoms with Crippen LogP contribution in [0.25, 0.3) is 10.8 Å². The number of nitrogens with zero attached hydrogens (tertiary/aromatic N) is 3. The molecule has 1 fully saturated rings. The van der Waals surface area contributed by atoms with Gasteiger partial charge in [0.1, 0.15) is 29.4 Å². The van der Waals surface area contributed by atoms with E-state index in [9.17, 15) is 10.1 Å². The van der Waals surface area contributed by atoms with Crippen molar-refractivity contribution >= 4 is 19.3 Å². The number of benzene rings is 4. The van der Waals surface area contributed by atoms with Gasteiger partial charge in [-0.15, -0.1) is 0 Å². The van der Waals surface area contributed by atoms with E-state index in [2.05, 4.69) is 50.6 Å². The first-order valence-electron chi connectivity index (χ1n) is 19.1. The van der Waals surface area contributed by atoms with Gasteiger partial charge in [0.25, 0.3) is 14.1 Å². The molecule has 0 saturated carbocycles. The minimum absolute atomic E-state index is 0.0953. The van der Waals surface area contributed by atoms with Crippen molar-refractivity contribution in [3.8, 4) is 17.6 Å². The minimum Gasteiger partial charge on any atom is -0.497 e. The predicted molar refractivity (Wildman–Crippen MR) is 220 cm³/mol. The Bertz CT molecular complexity index is 2080. The van der Waals surface area contributed by atoms with Crippen molar-refractivity contribution in [2.75, 3.05) is 27.4 Å². The van der Waals surface area contributed by atoms with Crippen molar-refractivity contribution < 1.29 is 28.0 Å². The molecule has 0 bridgehead atoms. The fourth-order valence-electron chi connectivity index (χ4n) is 7.53. The van der Waals surface area contributed by atoms with E-state index in [0.717, 1.165) is 39.1 Å². The summed E-state index contributed by atoms with van der Waals surface area (Å²) < 4.78 is 42.6. The Kier molecular flexibility index (Phi) is 13.6. The zero-order chi connectivity index (χ0) is 39.8. The Morgan fingerprint density at radius 3 is 2.04 bits per heavy atom. The maximum absolute atomic E-state index is 14.1. The first kappa shape index (κ1) is 41.1. The lowest BCUT2D eigenvalue weighted by Gasteiger charge is -2.39. The van der Waals surface area contributed by atoms with Crippen LogP contribution in [0.1, 0.15) is 69.0 Å². The molecule has 56 heavy (non-hydrogen) atoms. The van der Waals surface area contributed by atoms with Crippen LogP contribution in [-0.2, 0) is 24.1 Å². The fourth-order valence-corrected chi connectivity index (χ4v) is 9.29. The van der Waals surface area contributed by atoms with E-state index in [0.29, 0.717) is 11.8 Å². The molecule has 0 radical (unpaired) electrons. The molecule has 1 saturated heterocycles. The van der Waals surface area contributed by atoms with Crippen LogP contribution in [0.2, 0.25) is 0 Å². The molecule has 0 spiro atoms. The number of rotatable bonds is 17. The molecule has 0 amide bonds. The average molecular weight is 778 g/mol. The van der Waals surface area contributed by atoms with Gasteiger partial charge in [-0.2, -0.15) is 5.26 Å². The number of nitriles is 1. The smallest absolute Gasteiger partial charge is 0.260 e. The molecular weight excluding hydrogens is 725 g/mol. The molecule has 0 aliphatic carbocycles. The number of methoxy groups -OCH3 is 2. The van der Waals surface area contributed by atoms with Gasteiger partial charge in [0.15, 0.2) is 0 Å². The summed E-state index contributed by atoms with van der Waals surface area (Å²) in [6.07, 6.45) is 0.619. The third-order valence-electron chi connectivity index (χ3n) is 10.2. The Morgan fingerprint density at radius 1 is 0.857 bits per heavy atom. The van der Waals surface area contributed by atoms with Gasteiger partial charge in [0.2, 0.25) is 0 Å². The second kappa shape index (κ2) is 18.6. The third-order valence-corrected chi connectivity index (χ3v) is 12.3. The SMILES string of the molecule is COc1ccc(C(OC[C@H]2O[C@@H](n3ccc4cccc(C)c4c3=O)C[C@@H]2OP(OCCC#N)N(C(C)C)C(C)C)(c2ccccc2)c2ccc(OC)cc2)cc1. The first-order chi connectivity index (χ1) is 27.1. The number of aryl methyl sites for hydroxylation is 1. The molecule has 1 aliphatic heterocycles. The zero-order valence-electron chi connectivity index (χ0n) is 33.3. The van der Waals surface area contributed by atoms with E-state index < -0.39 is 32.6 Å². The van der Waals surface area contributed by atoms with Gasteiger partial charge in [0.05, 0.1) is 51.4 Å². The van der Waals surface area contributed by atoms with Crippen molar-refractivity contribution in [1.82, 2.24) is 9.24 Å². The molecule has 4 aromatic carbocycles. The van der Waals surface area contributed by atoms with Crippen LogP contribution in [0.4, 0.5) is 0 Å². The van der Waals surface area contributed by atoms with Crippen LogP contribution in [0.5, 0.6) is 11.5 Å². The number of ether oxygens (including phenoxy) is 4. The van der Waals surface area contributed by atoms with E-state index in [-0.39, 0.29) is 37.3 Å². The zero-order valence-corrected chi connectivity index (χ0v) is 34.1. The van der Waals surface area contributed by atoms with Crippen molar-refractivity contribution in [3.63, 3.8) is 0 Å². The van der Waals surface area contributed by atoms with E-state index in [4.69, 9.17) is 28.0 Å². The number of fused-ring (bicyclic) bond motifs is 1. The molecule has 1 unspecified atom stereocenters. The molecule has 2 heterocycles. The van der Waals surface area contributed by atoms with Gasteiger partial charge in [-0.3, -0.25) is 9.36 Å². The summed E-state index contributed by atoms with van der Waals surface area (Å²) in [5.41, 5.74) is 2.36. The van der Waals surface area contributed by atoms with E-state index in [1.807, 2.05) is 97.9 Å². The van der Waals surface area contributed by atoms with Gasteiger partial charge < -0.3 is 28.0 Å². The van der Waals surface area contributed by atoms with Gasteiger partial charge >= 0.3 is 0 Å².